The van der Waals surface area contributed by atoms with Crippen LogP contribution in [0.4, 0.5) is 0 Å². The lowest BCUT2D eigenvalue weighted by molar-refractivity contribution is 0.477. The van der Waals surface area contributed by atoms with E-state index in [4.69, 9.17) is 23.2 Å². The number of aromatic hydroxyl groups is 1. The van der Waals surface area contributed by atoms with Gasteiger partial charge in [0, 0.05) is 5.56 Å². The van der Waals surface area contributed by atoms with Gasteiger partial charge < -0.3 is 5.11 Å². The zero-order chi connectivity index (χ0) is 10.8. The predicted molar refractivity (Wildman–Crippen MR) is 63.6 cm³/mol. The zero-order valence-electron chi connectivity index (χ0n) is 7.74. The molecule has 1 N–H and O–H groups in total. The topological polar surface area (TPSA) is 20.2 Å². The molecule has 3 heteroatoms. The van der Waals surface area contributed by atoms with E-state index in [1.807, 2.05) is 30.3 Å². The maximum absolute atomic E-state index is 9.82. The zero-order valence-corrected chi connectivity index (χ0v) is 9.26. The Hall–Kier alpha value is -1.18. The molecule has 0 unspecified atom stereocenters. The Bertz CT molecular complexity index is 480. The smallest absolute Gasteiger partial charge is 0.143 e. The molecule has 76 valence electrons. The molecular weight excluding hydrogens is 231 g/mol. The lowest BCUT2D eigenvalue weighted by atomic mass is 10.1. The minimum absolute atomic E-state index is 0.0235. The number of phenolic OH excluding ortho intramolecular Hbond substituents is 1. The maximum Gasteiger partial charge on any atom is 0.143 e. The summed E-state index contributed by atoms with van der Waals surface area (Å²) in [4.78, 5) is 0. The molecule has 0 aromatic heterocycles. The molecule has 0 heterocycles. The van der Waals surface area contributed by atoms with Crippen LogP contribution in [0, 0.1) is 0 Å². The van der Waals surface area contributed by atoms with E-state index in [9.17, 15) is 5.11 Å². The molecule has 0 bridgehead atoms. The second kappa shape index (κ2) is 4.13. The quantitative estimate of drug-likeness (QED) is 0.783. The first-order valence-electron chi connectivity index (χ1n) is 4.42. The van der Waals surface area contributed by atoms with Crippen molar-refractivity contribution in [3.05, 3.63) is 52.5 Å². The van der Waals surface area contributed by atoms with Crippen LogP contribution in [0.2, 0.25) is 10.0 Å². The van der Waals surface area contributed by atoms with Gasteiger partial charge in [-0.25, -0.2) is 0 Å². The van der Waals surface area contributed by atoms with E-state index in [1.165, 1.54) is 0 Å². The summed E-state index contributed by atoms with van der Waals surface area (Å²) < 4.78 is 0. The lowest BCUT2D eigenvalue weighted by Crippen LogP contribution is -1.80. The van der Waals surface area contributed by atoms with Crippen molar-refractivity contribution in [3.63, 3.8) is 0 Å². The molecule has 2 aromatic carbocycles. The largest absolute Gasteiger partial charge is 0.506 e. The highest BCUT2D eigenvalue weighted by molar-refractivity contribution is 6.43. The van der Waals surface area contributed by atoms with Crippen molar-refractivity contribution in [2.75, 3.05) is 0 Å². The fourth-order valence-corrected chi connectivity index (χ4v) is 1.71. The van der Waals surface area contributed by atoms with Crippen LogP contribution in [0.1, 0.15) is 0 Å². The Labute approximate surface area is 97.9 Å². The van der Waals surface area contributed by atoms with Gasteiger partial charge in [-0.15, -0.1) is 0 Å². The summed E-state index contributed by atoms with van der Waals surface area (Å²) in [5.41, 5.74) is 1.60. The molecule has 0 saturated carbocycles. The van der Waals surface area contributed by atoms with Crippen molar-refractivity contribution in [3.8, 4) is 16.9 Å². The van der Waals surface area contributed by atoms with Gasteiger partial charge in [-0.3, -0.25) is 0 Å². The lowest BCUT2D eigenvalue weighted by Gasteiger charge is -2.07. The highest BCUT2D eigenvalue weighted by Crippen LogP contribution is 2.39. The number of hydrogen-bond donors (Lipinski definition) is 1. The summed E-state index contributed by atoms with van der Waals surface area (Å²) in [6, 6.07) is 12.9. The third-order valence-electron chi connectivity index (χ3n) is 2.15. The average molecular weight is 239 g/mol. The van der Waals surface area contributed by atoms with E-state index in [0.717, 1.165) is 5.56 Å². The second-order valence-corrected chi connectivity index (χ2v) is 3.91. The Morgan fingerprint density at radius 3 is 2.20 bits per heavy atom. The first kappa shape index (κ1) is 10.3. The summed E-state index contributed by atoms with van der Waals surface area (Å²) in [5.74, 6) is 0.0235. The van der Waals surface area contributed by atoms with Crippen molar-refractivity contribution >= 4 is 23.2 Å². The highest BCUT2D eigenvalue weighted by atomic mass is 35.5. The van der Waals surface area contributed by atoms with Crippen molar-refractivity contribution < 1.29 is 5.11 Å². The Balaban J connectivity index is 2.60. The van der Waals surface area contributed by atoms with Gasteiger partial charge in [-0.2, -0.15) is 0 Å². The van der Waals surface area contributed by atoms with Crippen LogP contribution >= 0.6 is 23.2 Å². The second-order valence-electron chi connectivity index (χ2n) is 3.12. The van der Waals surface area contributed by atoms with Crippen LogP contribution in [-0.2, 0) is 0 Å². The van der Waals surface area contributed by atoms with Crippen molar-refractivity contribution in [1.29, 1.82) is 0 Å². The Kier molecular flexibility index (Phi) is 2.85. The van der Waals surface area contributed by atoms with Gasteiger partial charge >= 0.3 is 0 Å². The van der Waals surface area contributed by atoms with E-state index in [0.29, 0.717) is 10.6 Å². The van der Waals surface area contributed by atoms with Crippen LogP contribution in [0.3, 0.4) is 0 Å². The molecule has 0 aliphatic carbocycles. The van der Waals surface area contributed by atoms with Crippen LogP contribution in [0.25, 0.3) is 11.1 Å². The summed E-state index contributed by atoms with van der Waals surface area (Å²) in [7, 11) is 0. The molecule has 2 aromatic rings. The minimum atomic E-state index is 0.0235. The molecule has 0 aliphatic heterocycles. The summed E-state index contributed by atoms with van der Waals surface area (Å²) in [5, 5.41) is 10.4. The summed E-state index contributed by atoms with van der Waals surface area (Å²) in [6.45, 7) is 0. The van der Waals surface area contributed by atoms with Crippen LogP contribution in [0.15, 0.2) is 42.5 Å². The van der Waals surface area contributed by atoms with Gasteiger partial charge in [0.25, 0.3) is 0 Å². The molecule has 0 amide bonds. The van der Waals surface area contributed by atoms with E-state index in [-0.39, 0.29) is 10.8 Å². The van der Waals surface area contributed by atoms with Crippen molar-refractivity contribution in [1.82, 2.24) is 0 Å². The van der Waals surface area contributed by atoms with Crippen LogP contribution in [-0.4, -0.2) is 5.11 Å². The van der Waals surface area contributed by atoms with E-state index in [1.54, 1.807) is 12.1 Å². The minimum Gasteiger partial charge on any atom is -0.506 e. The molecule has 15 heavy (non-hydrogen) atoms. The SMILES string of the molecule is Oc1c(-c2ccccc2)ccc(Cl)c1Cl. The number of rotatable bonds is 1. The number of benzene rings is 2. The molecule has 2 rings (SSSR count). The molecule has 1 nitrogen and oxygen atoms in total. The molecule has 0 radical (unpaired) electrons. The van der Waals surface area contributed by atoms with Gasteiger partial charge in [0.05, 0.1) is 5.02 Å². The third kappa shape index (κ3) is 1.94. The molecule has 0 fully saturated rings. The monoisotopic (exact) mass is 238 g/mol. The maximum atomic E-state index is 9.82. The first-order chi connectivity index (χ1) is 7.20. The predicted octanol–water partition coefficient (Wildman–Crippen LogP) is 4.37. The molecule has 0 spiro atoms. The Morgan fingerprint density at radius 2 is 1.53 bits per heavy atom. The number of halogens is 2. The normalized spacial score (nSPS) is 10.3. The van der Waals surface area contributed by atoms with Crippen LogP contribution in [0.5, 0.6) is 5.75 Å². The molecule has 0 atom stereocenters. The summed E-state index contributed by atoms with van der Waals surface area (Å²) >= 11 is 11.6. The van der Waals surface area contributed by atoms with Gasteiger partial charge in [0.15, 0.2) is 0 Å². The number of hydrogen-bond acceptors (Lipinski definition) is 1. The number of phenols is 1. The van der Waals surface area contributed by atoms with E-state index >= 15 is 0 Å². The van der Waals surface area contributed by atoms with Gasteiger partial charge in [0.2, 0.25) is 0 Å². The van der Waals surface area contributed by atoms with Gasteiger partial charge in [0.1, 0.15) is 10.8 Å². The first-order valence-corrected chi connectivity index (χ1v) is 5.18. The molecule has 0 aliphatic rings. The van der Waals surface area contributed by atoms with Crippen molar-refractivity contribution in [2.45, 2.75) is 0 Å². The van der Waals surface area contributed by atoms with E-state index < -0.39 is 0 Å². The fourth-order valence-electron chi connectivity index (χ4n) is 1.39. The average Bonchev–Trinajstić information content (AvgIpc) is 2.27. The van der Waals surface area contributed by atoms with Gasteiger partial charge in [-0.1, -0.05) is 53.5 Å². The molecular formula is C12H8Cl2O. The third-order valence-corrected chi connectivity index (χ3v) is 2.95. The molecule has 0 saturated heterocycles. The van der Waals surface area contributed by atoms with Gasteiger partial charge in [-0.05, 0) is 17.7 Å². The fraction of sp³-hybridized carbons (Fsp3) is 0. The highest BCUT2D eigenvalue weighted by Gasteiger charge is 2.10. The van der Waals surface area contributed by atoms with E-state index in [2.05, 4.69) is 0 Å². The Morgan fingerprint density at radius 1 is 0.867 bits per heavy atom. The standard InChI is InChI=1S/C12H8Cl2O/c13-10-7-6-9(12(15)11(10)14)8-4-2-1-3-5-8/h1-7,15H. The summed E-state index contributed by atoms with van der Waals surface area (Å²) in [6.07, 6.45) is 0. The van der Waals surface area contributed by atoms with Crippen LogP contribution < -0.4 is 0 Å². The van der Waals surface area contributed by atoms with Crippen molar-refractivity contribution in [2.24, 2.45) is 0 Å².